The first-order valence-electron chi connectivity index (χ1n) is 6.23. The second kappa shape index (κ2) is 11.8. The van der Waals surface area contributed by atoms with Crippen molar-refractivity contribution in [1.29, 1.82) is 0 Å². The van der Waals surface area contributed by atoms with Gasteiger partial charge in [0.25, 0.3) is 0 Å². The topological polar surface area (TPSA) is 68.3 Å². The fraction of sp³-hybridized carbons (Fsp3) is 0.733. The van der Waals surface area contributed by atoms with Gasteiger partial charge in [0, 0.05) is 0 Å². The molecule has 0 bridgehead atoms. The van der Waals surface area contributed by atoms with Crippen molar-refractivity contribution in [1.82, 2.24) is 0 Å². The van der Waals surface area contributed by atoms with Crippen molar-refractivity contribution < 1.29 is 19.2 Å². The Morgan fingerprint density at radius 3 is 0.684 bits per heavy atom. The van der Waals surface area contributed by atoms with E-state index >= 15 is 0 Å². The van der Waals surface area contributed by atoms with E-state index in [9.17, 15) is 19.2 Å². The van der Waals surface area contributed by atoms with E-state index < -0.39 is 0 Å². The minimum Gasteiger partial charge on any atom is -0.300 e. The van der Waals surface area contributed by atoms with Gasteiger partial charge < -0.3 is 0 Å². The van der Waals surface area contributed by atoms with Gasteiger partial charge in [0.15, 0.2) is 0 Å². The fourth-order valence-corrected chi connectivity index (χ4v) is 0.701. The number of ketones is 4. The Kier molecular flexibility index (Phi) is 14.1. The summed E-state index contributed by atoms with van der Waals surface area (Å²) in [4.78, 5) is 40.1. The second-order valence-corrected chi connectivity index (χ2v) is 6.16. The number of rotatable bonds is 4. The molecule has 0 aromatic heterocycles. The molecular weight excluding hydrogens is 244 g/mol. The van der Waals surface area contributed by atoms with E-state index in [1.807, 2.05) is 0 Å². The molecule has 0 amide bonds. The molecular formula is C15H28O4. The molecule has 0 fully saturated rings. The van der Waals surface area contributed by atoms with Crippen LogP contribution in [0.25, 0.3) is 0 Å². The quantitative estimate of drug-likeness (QED) is 0.737. The molecule has 4 heteroatoms. The standard InChI is InChI=1S/2C5H8O2.C5H12/c2*1-4(6)3-5(2)7;1-5(2,3)4/h2*3H2,1-2H3;1-4H3. The molecule has 0 rings (SSSR count). The van der Waals surface area contributed by atoms with E-state index in [1.165, 1.54) is 27.7 Å². The molecule has 0 unspecified atom stereocenters. The molecule has 0 aromatic carbocycles. The third-order valence-corrected chi connectivity index (χ3v) is 0.996. The summed E-state index contributed by atoms with van der Waals surface area (Å²) in [6.45, 7) is 14.4. The van der Waals surface area contributed by atoms with Crippen molar-refractivity contribution in [2.45, 2.75) is 68.2 Å². The summed E-state index contributed by atoms with van der Waals surface area (Å²) in [5.41, 5.74) is 0.500. The smallest absolute Gasteiger partial charge is 0.137 e. The summed E-state index contributed by atoms with van der Waals surface area (Å²) in [5, 5.41) is 0. The Labute approximate surface area is 117 Å². The van der Waals surface area contributed by atoms with Gasteiger partial charge in [-0.05, 0) is 33.1 Å². The Morgan fingerprint density at radius 2 is 0.684 bits per heavy atom. The van der Waals surface area contributed by atoms with Gasteiger partial charge in [-0.2, -0.15) is 0 Å². The lowest BCUT2D eigenvalue weighted by molar-refractivity contribution is -0.126. The molecule has 0 saturated heterocycles. The van der Waals surface area contributed by atoms with Crippen LogP contribution in [-0.4, -0.2) is 23.1 Å². The number of hydrogen-bond donors (Lipinski definition) is 0. The summed E-state index contributed by atoms with van der Waals surface area (Å²) in [6.07, 6.45) is 0.167. The molecule has 0 spiro atoms. The zero-order valence-corrected chi connectivity index (χ0v) is 13.5. The number of carbonyl (C=O) groups is 4. The lowest BCUT2D eigenvalue weighted by Crippen LogP contribution is -1.97. The average Bonchev–Trinajstić information content (AvgIpc) is 1.93. The minimum absolute atomic E-state index is 0.0625. The Morgan fingerprint density at radius 1 is 0.579 bits per heavy atom. The number of Topliss-reactive ketones (excluding diaryl/α,β-unsaturated/α-hetero) is 4. The first-order chi connectivity index (χ1) is 8.25. The number of carbonyl (C=O) groups excluding carboxylic acids is 4. The molecule has 0 heterocycles. The van der Waals surface area contributed by atoms with Crippen molar-refractivity contribution in [2.75, 3.05) is 0 Å². The lowest BCUT2D eigenvalue weighted by Gasteiger charge is -2.05. The van der Waals surface area contributed by atoms with Crippen LogP contribution in [0, 0.1) is 5.41 Å². The molecule has 0 saturated carbocycles. The first-order valence-corrected chi connectivity index (χ1v) is 6.23. The van der Waals surface area contributed by atoms with E-state index in [4.69, 9.17) is 0 Å². The number of hydrogen-bond acceptors (Lipinski definition) is 4. The molecule has 0 aliphatic heterocycles. The third kappa shape index (κ3) is 80.6. The van der Waals surface area contributed by atoms with Crippen LogP contribution >= 0.6 is 0 Å². The van der Waals surface area contributed by atoms with E-state index in [2.05, 4.69) is 27.7 Å². The monoisotopic (exact) mass is 272 g/mol. The highest BCUT2D eigenvalue weighted by molar-refractivity contribution is 5.97. The highest BCUT2D eigenvalue weighted by Gasteiger charge is 1.96. The summed E-state index contributed by atoms with van der Waals surface area (Å²) in [6, 6.07) is 0. The zero-order chi connectivity index (χ0) is 16.2. The van der Waals surface area contributed by atoms with Gasteiger partial charge in [-0.3, -0.25) is 19.2 Å². The van der Waals surface area contributed by atoms with Crippen LogP contribution < -0.4 is 0 Å². The average molecular weight is 272 g/mol. The summed E-state index contributed by atoms with van der Waals surface area (Å²) in [7, 11) is 0. The predicted octanol–water partition coefficient (Wildman–Crippen LogP) is 3.16. The van der Waals surface area contributed by atoms with Gasteiger partial charge in [-0.25, -0.2) is 0 Å². The Bertz CT molecular complexity index is 253. The second-order valence-electron chi connectivity index (χ2n) is 6.16. The molecule has 0 aliphatic carbocycles. The zero-order valence-electron chi connectivity index (χ0n) is 13.5. The predicted molar refractivity (Wildman–Crippen MR) is 77.1 cm³/mol. The third-order valence-electron chi connectivity index (χ3n) is 0.996. The van der Waals surface area contributed by atoms with Crippen LogP contribution in [0.1, 0.15) is 68.2 Å². The summed E-state index contributed by atoms with van der Waals surface area (Å²) in [5.74, 6) is -0.250. The van der Waals surface area contributed by atoms with Gasteiger partial charge in [-0.1, -0.05) is 27.7 Å². The first kappa shape index (κ1) is 22.8. The SMILES string of the molecule is CC(=O)CC(C)=O.CC(=O)CC(C)=O.CC(C)(C)C. The van der Waals surface area contributed by atoms with Crippen LogP contribution in [0.3, 0.4) is 0 Å². The van der Waals surface area contributed by atoms with E-state index in [1.54, 1.807) is 0 Å². The Hall–Kier alpha value is -1.32. The van der Waals surface area contributed by atoms with Crippen LogP contribution in [0.15, 0.2) is 0 Å². The maximum Gasteiger partial charge on any atom is 0.137 e. The van der Waals surface area contributed by atoms with Gasteiger partial charge in [-0.15, -0.1) is 0 Å². The van der Waals surface area contributed by atoms with E-state index in [-0.39, 0.29) is 36.0 Å². The van der Waals surface area contributed by atoms with Crippen molar-refractivity contribution in [2.24, 2.45) is 5.41 Å². The molecule has 0 N–H and O–H groups in total. The molecule has 4 nitrogen and oxygen atoms in total. The minimum atomic E-state index is -0.0625. The fourth-order valence-electron chi connectivity index (χ4n) is 0.701. The van der Waals surface area contributed by atoms with E-state index in [0.717, 1.165) is 0 Å². The molecule has 19 heavy (non-hydrogen) atoms. The van der Waals surface area contributed by atoms with Crippen LogP contribution in [0.4, 0.5) is 0 Å². The molecule has 0 radical (unpaired) electrons. The van der Waals surface area contributed by atoms with E-state index in [0.29, 0.717) is 5.41 Å². The summed E-state index contributed by atoms with van der Waals surface area (Å²) < 4.78 is 0. The van der Waals surface area contributed by atoms with Crippen LogP contribution in [0.2, 0.25) is 0 Å². The largest absolute Gasteiger partial charge is 0.300 e. The maximum atomic E-state index is 10.0. The normalized spacial score (nSPS) is 9.26. The van der Waals surface area contributed by atoms with Gasteiger partial charge in [0.2, 0.25) is 0 Å². The van der Waals surface area contributed by atoms with Crippen molar-refractivity contribution in [3.63, 3.8) is 0 Å². The molecule has 0 aromatic rings. The van der Waals surface area contributed by atoms with Crippen LogP contribution in [0.5, 0.6) is 0 Å². The van der Waals surface area contributed by atoms with Crippen molar-refractivity contribution in [3.8, 4) is 0 Å². The van der Waals surface area contributed by atoms with Crippen molar-refractivity contribution >= 4 is 23.1 Å². The molecule has 0 atom stereocenters. The highest BCUT2D eigenvalue weighted by atomic mass is 16.2. The van der Waals surface area contributed by atoms with Crippen LogP contribution in [-0.2, 0) is 19.2 Å². The maximum absolute atomic E-state index is 10.0. The molecule has 112 valence electrons. The summed E-state index contributed by atoms with van der Waals surface area (Å²) >= 11 is 0. The highest BCUT2D eigenvalue weighted by Crippen LogP contribution is 2.08. The molecule has 0 aliphatic rings. The van der Waals surface area contributed by atoms with Crippen molar-refractivity contribution in [3.05, 3.63) is 0 Å². The lowest BCUT2D eigenvalue weighted by atomic mass is 10.0. The van der Waals surface area contributed by atoms with Gasteiger partial charge in [0.1, 0.15) is 23.1 Å². The van der Waals surface area contributed by atoms with Gasteiger partial charge >= 0.3 is 0 Å². The Balaban J connectivity index is -0.000000206. The van der Waals surface area contributed by atoms with Gasteiger partial charge in [0.05, 0.1) is 12.8 Å².